The Morgan fingerprint density at radius 1 is 0.420 bits per heavy atom. The van der Waals surface area contributed by atoms with E-state index in [9.17, 15) is 10.1 Å². The predicted molar refractivity (Wildman–Crippen MR) is 372 cm³/mol. The van der Waals surface area contributed by atoms with Gasteiger partial charge >= 0.3 is 0 Å². The highest BCUT2D eigenvalue weighted by Crippen LogP contribution is 2.46. The number of benzene rings is 7. The van der Waals surface area contributed by atoms with Gasteiger partial charge in [0.2, 0.25) is 0 Å². The summed E-state index contributed by atoms with van der Waals surface area (Å²) in [6.45, 7) is 9.04. The Bertz CT molecular complexity index is 4470. The molecular weight excluding hydrogens is 1080 g/mol. The highest BCUT2D eigenvalue weighted by atomic mass is 16.6. The van der Waals surface area contributed by atoms with Gasteiger partial charge in [-0.05, 0) is 100 Å². The van der Waals surface area contributed by atoms with Crippen LogP contribution in [0.4, 0.5) is 11.4 Å². The van der Waals surface area contributed by atoms with E-state index in [1.54, 1.807) is 14.9 Å². The minimum Gasteiger partial charge on any atom is -0.397 e. The molecule has 0 aliphatic heterocycles. The van der Waals surface area contributed by atoms with Crippen molar-refractivity contribution in [1.29, 1.82) is 0 Å². The van der Waals surface area contributed by atoms with Gasteiger partial charge in [-0.3, -0.25) is 28.5 Å². The molecule has 2 atom stereocenters. The number of hydrogen-bond acceptors (Lipinski definition) is 7. The Morgan fingerprint density at radius 2 is 0.727 bits per heavy atom. The van der Waals surface area contributed by atoms with Crippen molar-refractivity contribution < 1.29 is 4.92 Å². The molecule has 88 heavy (non-hydrogen) atoms. The molecule has 4 heterocycles. The maximum absolute atomic E-state index is 15.1. The van der Waals surface area contributed by atoms with Gasteiger partial charge in [-0.1, -0.05) is 255 Å². The number of anilines is 1. The minimum absolute atomic E-state index is 0.161. The summed E-state index contributed by atoms with van der Waals surface area (Å²) in [4.78, 5) is 53.0. The smallest absolute Gasteiger partial charge is 0.298 e. The second-order valence-electron chi connectivity index (χ2n) is 25.9. The molecule has 0 saturated carbocycles. The van der Waals surface area contributed by atoms with Gasteiger partial charge < -0.3 is 5.73 Å². The summed E-state index contributed by atoms with van der Waals surface area (Å²) in [6, 6.07) is 23.5. The molecule has 4 aromatic heterocycles. The van der Waals surface area contributed by atoms with E-state index in [4.69, 9.17) is 15.7 Å². The fraction of sp³-hybridized carbons (Fsp3) is 0.487. The zero-order chi connectivity index (χ0) is 61.1. The second-order valence-corrected chi connectivity index (χ2v) is 25.9. The first-order chi connectivity index (χ1) is 43.1. The number of pyridine rings is 2. The van der Waals surface area contributed by atoms with Crippen molar-refractivity contribution in [3.05, 3.63) is 115 Å². The Morgan fingerprint density at radius 3 is 1.10 bits per heavy atom. The van der Waals surface area contributed by atoms with Gasteiger partial charge in [-0.2, -0.15) is 0 Å². The molecule has 10 nitrogen and oxygen atoms in total. The molecule has 0 aliphatic carbocycles. The standard InChI is InChI=1S/C78H92N6O4/c1-5-9-13-17-21-23-27-31-35-53(33-29-25-19-15-11-7-3)37-39-55-49-65(79)73-66(50-55)82-75(80-73)61-45-41-57-58-42-46-62-72-64(48-44-60(70(58)72)59-43-47-63(77(82)85)71(61)69(57)59)78(86)83-67-51-56(52-68(84(87)88)74(67)81-76(62)83)40-38-54(34-30-26-20-16-12-8-4)36-32-28-24-22-18-14-10-6-2/h41-54H,5-36,79H2,1-4H3. The molecule has 458 valence electrons. The third-order valence-electron chi connectivity index (χ3n) is 19.4. The van der Waals surface area contributed by atoms with E-state index in [0.29, 0.717) is 55.8 Å². The van der Waals surface area contributed by atoms with Crippen molar-refractivity contribution in [3.63, 3.8) is 0 Å². The highest BCUT2D eigenvalue weighted by molar-refractivity contribution is 6.40. The molecule has 0 radical (unpaired) electrons. The number of hydrogen-bond donors (Lipinski definition) is 1. The molecule has 0 saturated heterocycles. The van der Waals surface area contributed by atoms with Gasteiger partial charge in [-0.15, -0.1) is 0 Å². The zero-order valence-electron chi connectivity index (χ0n) is 53.2. The molecule has 0 bridgehead atoms. The molecule has 11 aromatic rings. The normalized spacial score (nSPS) is 12.8. The Hall–Kier alpha value is -7.56. The summed E-state index contributed by atoms with van der Waals surface area (Å²) in [5, 5.41) is 22.9. The van der Waals surface area contributed by atoms with Crippen molar-refractivity contribution in [2.75, 3.05) is 5.73 Å². The number of nitrogens with two attached hydrogens (primary N) is 1. The number of unbranched alkanes of at least 4 members (excludes halogenated alkanes) is 24. The van der Waals surface area contributed by atoms with Crippen molar-refractivity contribution in [1.82, 2.24) is 18.8 Å². The van der Waals surface area contributed by atoms with Crippen LogP contribution in [0, 0.1) is 45.6 Å². The number of nitro groups is 1. The molecule has 2 N–H and O–H groups in total. The third kappa shape index (κ3) is 13.0. The van der Waals surface area contributed by atoms with Gasteiger partial charge in [0.15, 0.2) is 5.52 Å². The molecule has 0 spiro atoms. The number of rotatable bonds is 33. The van der Waals surface area contributed by atoms with Crippen molar-refractivity contribution in [3.8, 4) is 23.7 Å². The fourth-order valence-corrected chi connectivity index (χ4v) is 14.6. The first-order valence-corrected chi connectivity index (χ1v) is 34.5. The van der Waals surface area contributed by atoms with Crippen LogP contribution in [0.15, 0.2) is 82.4 Å². The Balaban J connectivity index is 0.942. The molecule has 0 aliphatic rings. The van der Waals surface area contributed by atoms with Crippen LogP contribution in [-0.2, 0) is 0 Å². The van der Waals surface area contributed by atoms with Gasteiger partial charge in [0.05, 0.1) is 21.6 Å². The average Bonchev–Trinajstić information content (AvgIpc) is 1.14. The van der Waals surface area contributed by atoms with Crippen molar-refractivity contribution in [2.45, 2.75) is 233 Å². The fourth-order valence-electron chi connectivity index (χ4n) is 14.6. The number of nitro benzene ring substituents is 1. The Kier molecular flexibility index (Phi) is 20.6. The quantitative estimate of drug-likeness (QED) is 0.00822. The molecule has 10 heteroatoms. The highest BCUT2D eigenvalue weighted by Gasteiger charge is 2.27. The predicted octanol–water partition coefficient (Wildman–Crippen LogP) is 21.2. The number of non-ortho nitro benzene ring substituents is 1. The minimum atomic E-state index is -0.393. The van der Waals surface area contributed by atoms with E-state index >= 15 is 9.59 Å². The molecular formula is C78H92N6O4. The van der Waals surface area contributed by atoms with Gasteiger partial charge in [0, 0.05) is 61.3 Å². The van der Waals surface area contributed by atoms with Gasteiger partial charge in [0.25, 0.3) is 16.8 Å². The lowest BCUT2D eigenvalue weighted by Gasteiger charge is -2.18. The summed E-state index contributed by atoms with van der Waals surface area (Å²) < 4.78 is 3.30. The molecule has 7 aromatic carbocycles. The van der Waals surface area contributed by atoms with Gasteiger partial charge in [-0.25, -0.2) is 9.97 Å². The van der Waals surface area contributed by atoms with E-state index in [-0.39, 0.29) is 28.2 Å². The second kappa shape index (κ2) is 29.2. The lowest BCUT2D eigenvalue weighted by atomic mass is 9.86. The van der Waals surface area contributed by atoms with E-state index in [2.05, 4.69) is 69.6 Å². The van der Waals surface area contributed by atoms with Crippen LogP contribution >= 0.6 is 0 Å². The third-order valence-corrected chi connectivity index (χ3v) is 19.4. The van der Waals surface area contributed by atoms with Crippen molar-refractivity contribution >= 4 is 109 Å². The maximum atomic E-state index is 15.1. The molecule has 0 fully saturated rings. The first kappa shape index (κ1) is 62.1. The number of nitrogens with zero attached hydrogens (tertiary/aromatic N) is 5. The monoisotopic (exact) mass is 1180 g/mol. The number of aromatic nitrogens is 4. The lowest BCUT2D eigenvalue weighted by molar-refractivity contribution is -0.383. The number of fused-ring (bicyclic) bond motifs is 10. The van der Waals surface area contributed by atoms with Crippen LogP contribution in [0.3, 0.4) is 0 Å². The average molecular weight is 1180 g/mol. The summed E-state index contributed by atoms with van der Waals surface area (Å²) >= 11 is 0. The molecule has 0 amide bonds. The van der Waals surface area contributed by atoms with Crippen LogP contribution in [-0.4, -0.2) is 23.7 Å². The largest absolute Gasteiger partial charge is 0.397 e. The summed E-state index contributed by atoms with van der Waals surface area (Å²) in [5.41, 5.74) is 10.8. The topological polar surface area (TPSA) is 138 Å². The first-order valence-electron chi connectivity index (χ1n) is 34.5. The van der Waals surface area contributed by atoms with Crippen LogP contribution < -0.4 is 16.9 Å². The lowest BCUT2D eigenvalue weighted by Crippen LogP contribution is -2.14. The van der Waals surface area contributed by atoms with E-state index in [1.165, 1.54) is 167 Å². The maximum Gasteiger partial charge on any atom is 0.298 e. The molecule has 11 rings (SSSR count). The van der Waals surface area contributed by atoms with Crippen LogP contribution in [0.2, 0.25) is 0 Å². The number of imidazole rings is 2. The SMILES string of the molecule is CCCCCCCCCCC(C#Cc1cc(N)c2nc3c4ccc5c6ccc7c8c(ccc(c9ccc(c(=O)n3c2c1)c4c95)c68)c(=O)n1c2cc(C#CC(CCCCCCCC)CCCCCCCCCC)cc([N+](=O)[O-])c2nc71)CCCCCCCC. The summed E-state index contributed by atoms with van der Waals surface area (Å²) in [7, 11) is 0. The van der Waals surface area contributed by atoms with E-state index in [1.807, 2.05) is 48.5 Å². The van der Waals surface area contributed by atoms with Crippen LogP contribution in [0.5, 0.6) is 0 Å². The summed E-state index contributed by atoms with van der Waals surface area (Å²) in [6.07, 6.45) is 39.5. The summed E-state index contributed by atoms with van der Waals surface area (Å²) in [5.74, 6) is 14.7. The zero-order valence-corrected chi connectivity index (χ0v) is 53.2. The van der Waals surface area contributed by atoms with Gasteiger partial charge in [0.1, 0.15) is 16.8 Å². The van der Waals surface area contributed by atoms with E-state index < -0.39 is 4.92 Å². The Labute approximate surface area is 519 Å². The van der Waals surface area contributed by atoms with Crippen molar-refractivity contribution in [2.24, 2.45) is 11.8 Å². The van der Waals surface area contributed by atoms with Crippen LogP contribution in [0.25, 0.3) is 98.0 Å². The molecule has 2 unspecified atom stereocenters. The number of nitrogen functional groups attached to an aromatic ring is 1. The van der Waals surface area contributed by atoms with E-state index in [0.717, 1.165) is 98.0 Å². The van der Waals surface area contributed by atoms with Crippen LogP contribution in [0.1, 0.15) is 244 Å².